The molecule has 3 aliphatic rings. The highest BCUT2D eigenvalue weighted by Crippen LogP contribution is 2.40. The van der Waals surface area contributed by atoms with Gasteiger partial charge in [-0.1, -0.05) is 45.4 Å². The molecular formula is C21H36O2. The molecule has 0 amide bonds. The van der Waals surface area contributed by atoms with E-state index >= 15 is 0 Å². The maximum absolute atomic E-state index is 12.5. The molecule has 3 rings (SSSR count). The highest BCUT2D eigenvalue weighted by molar-refractivity contribution is 5.72. The fourth-order valence-electron chi connectivity index (χ4n) is 5.35. The Morgan fingerprint density at radius 2 is 1.39 bits per heavy atom. The van der Waals surface area contributed by atoms with E-state index in [1.165, 1.54) is 64.2 Å². The molecule has 0 bridgehead atoms. The molecule has 0 aromatic heterocycles. The van der Waals surface area contributed by atoms with E-state index in [-0.39, 0.29) is 18.0 Å². The van der Waals surface area contributed by atoms with Gasteiger partial charge in [-0.3, -0.25) is 4.79 Å². The maximum Gasteiger partial charge on any atom is 0.309 e. The van der Waals surface area contributed by atoms with Crippen molar-refractivity contribution in [1.29, 1.82) is 0 Å². The van der Waals surface area contributed by atoms with E-state index in [9.17, 15) is 4.79 Å². The predicted octanol–water partition coefficient (Wildman–Crippen LogP) is 5.89. The van der Waals surface area contributed by atoms with Crippen molar-refractivity contribution in [3.8, 4) is 0 Å². The Hall–Kier alpha value is -0.530. The van der Waals surface area contributed by atoms with Gasteiger partial charge in [0.25, 0.3) is 0 Å². The summed E-state index contributed by atoms with van der Waals surface area (Å²) in [6, 6.07) is 0. The molecule has 2 nitrogen and oxygen atoms in total. The maximum atomic E-state index is 12.5. The molecule has 0 atom stereocenters. The highest BCUT2D eigenvalue weighted by Gasteiger charge is 2.33. The third kappa shape index (κ3) is 4.73. The largest absolute Gasteiger partial charge is 0.462 e. The van der Waals surface area contributed by atoms with Crippen LogP contribution in [0.1, 0.15) is 96.8 Å². The van der Waals surface area contributed by atoms with Crippen molar-refractivity contribution in [3.05, 3.63) is 0 Å². The van der Waals surface area contributed by atoms with Crippen LogP contribution in [0.3, 0.4) is 0 Å². The minimum Gasteiger partial charge on any atom is -0.462 e. The molecule has 0 aromatic carbocycles. The summed E-state index contributed by atoms with van der Waals surface area (Å²) in [7, 11) is 0. The number of hydrogen-bond donors (Lipinski definition) is 0. The first-order valence-corrected chi connectivity index (χ1v) is 10.5. The third-order valence-electron chi connectivity index (χ3n) is 7.08. The average Bonchev–Trinajstić information content (AvgIpc) is 2.63. The molecule has 0 saturated heterocycles. The molecule has 0 heterocycles. The number of carbonyl (C=O) groups excluding carboxylic acids is 1. The van der Waals surface area contributed by atoms with Crippen molar-refractivity contribution in [2.45, 2.75) is 103 Å². The molecule has 23 heavy (non-hydrogen) atoms. The van der Waals surface area contributed by atoms with Crippen molar-refractivity contribution in [2.24, 2.45) is 23.7 Å². The van der Waals surface area contributed by atoms with Gasteiger partial charge < -0.3 is 4.74 Å². The molecule has 3 fully saturated rings. The zero-order valence-electron chi connectivity index (χ0n) is 15.1. The molecule has 0 N–H and O–H groups in total. The van der Waals surface area contributed by atoms with E-state index in [1.807, 2.05) is 0 Å². The quantitative estimate of drug-likeness (QED) is 0.604. The first kappa shape index (κ1) is 17.3. The van der Waals surface area contributed by atoms with Crippen molar-refractivity contribution in [3.63, 3.8) is 0 Å². The molecule has 3 aliphatic carbocycles. The molecule has 3 saturated carbocycles. The number of hydrogen-bond acceptors (Lipinski definition) is 2. The summed E-state index contributed by atoms with van der Waals surface area (Å²) in [5.74, 6) is 3.08. The predicted molar refractivity (Wildman–Crippen MR) is 94.2 cm³/mol. The van der Waals surface area contributed by atoms with Crippen LogP contribution in [-0.2, 0) is 9.53 Å². The van der Waals surface area contributed by atoms with Gasteiger partial charge in [0.05, 0.1) is 5.92 Å². The lowest BCUT2D eigenvalue weighted by atomic mass is 9.71. The molecule has 0 unspecified atom stereocenters. The van der Waals surface area contributed by atoms with E-state index in [4.69, 9.17) is 4.74 Å². The molecule has 132 valence electrons. The lowest BCUT2D eigenvalue weighted by Crippen LogP contribution is -2.31. The van der Waals surface area contributed by atoms with Gasteiger partial charge in [-0.15, -0.1) is 0 Å². The molecule has 2 heteroatoms. The van der Waals surface area contributed by atoms with Crippen LogP contribution >= 0.6 is 0 Å². The Labute approximate surface area is 142 Å². The molecule has 0 aromatic rings. The second kappa shape index (κ2) is 8.53. The topological polar surface area (TPSA) is 26.3 Å². The van der Waals surface area contributed by atoms with E-state index < -0.39 is 0 Å². The van der Waals surface area contributed by atoms with E-state index in [1.54, 1.807) is 0 Å². The van der Waals surface area contributed by atoms with Crippen LogP contribution in [0.15, 0.2) is 0 Å². The number of carbonyl (C=O) groups is 1. The normalized spacial score (nSPS) is 36.6. The highest BCUT2D eigenvalue weighted by atomic mass is 16.5. The van der Waals surface area contributed by atoms with Crippen molar-refractivity contribution in [2.75, 3.05) is 0 Å². The third-order valence-corrected chi connectivity index (χ3v) is 7.08. The SMILES string of the molecule is CCC1CCC(OC(=O)C2CCC(C3CCCCC3)CC2)CC1. The summed E-state index contributed by atoms with van der Waals surface area (Å²) in [6.45, 7) is 2.28. The summed E-state index contributed by atoms with van der Waals surface area (Å²) in [5.41, 5.74) is 0. The first-order chi connectivity index (χ1) is 11.3. The zero-order chi connectivity index (χ0) is 16.1. The summed E-state index contributed by atoms with van der Waals surface area (Å²) >= 11 is 0. The van der Waals surface area contributed by atoms with Crippen molar-refractivity contribution < 1.29 is 9.53 Å². The van der Waals surface area contributed by atoms with Gasteiger partial charge in [0.15, 0.2) is 0 Å². The van der Waals surface area contributed by atoms with Crippen LogP contribution in [0.25, 0.3) is 0 Å². The molecule has 0 aliphatic heterocycles. The second-order valence-corrected chi connectivity index (χ2v) is 8.50. The van der Waals surface area contributed by atoms with Gasteiger partial charge >= 0.3 is 5.97 Å². The molecular weight excluding hydrogens is 284 g/mol. The monoisotopic (exact) mass is 320 g/mol. The number of rotatable bonds is 4. The van der Waals surface area contributed by atoms with Crippen LogP contribution in [0.4, 0.5) is 0 Å². The van der Waals surface area contributed by atoms with E-state index in [2.05, 4.69) is 6.92 Å². The minimum atomic E-state index is 0.132. The minimum absolute atomic E-state index is 0.132. The zero-order valence-corrected chi connectivity index (χ0v) is 15.1. The summed E-state index contributed by atoms with van der Waals surface area (Å²) in [5, 5.41) is 0. The summed E-state index contributed by atoms with van der Waals surface area (Å²) < 4.78 is 5.87. The van der Waals surface area contributed by atoms with Gasteiger partial charge in [0.2, 0.25) is 0 Å². The van der Waals surface area contributed by atoms with Crippen LogP contribution in [0, 0.1) is 23.7 Å². The molecule has 0 radical (unpaired) electrons. The van der Waals surface area contributed by atoms with Crippen LogP contribution < -0.4 is 0 Å². The van der Waals surface area contributed by atoms with E-state index in [0.717, 1.165) is 43.4 Å². The average molecular weight is 321 g/mol. The summed E-state index contributed by atoms with van der Waals surface area (Å²) in [6.07, 6.45) is 18.1. The standard InChI is InChI=1S/C21H36O2/c1-2-16-8-14-20(15-9-16)23-21(22)19-12-10-18(11-13-19)17-6-4-3-5-7-17/h16-20H,2-15H2,1H3. The molecule has 0 spiro atoms. The van der Waals surface area contributed by atoms with Crippen LogP contribution in [0.2, 0.25) is 0 Å². The Bertz CT molecular complexity index is 356. The summed E-state index contributed by atoms with van der Waals surface area (Å²) in [4.78, 5) is 12.5. The van der Waals surface area contributed by atoms with E-state index in [0.29, 0.717) is 0 Å². The van der Waals surface area contributed by atoms with Gasteiger partial charge in [-0.25, -0.2) is 0 Å². The van der Waals surface area contributed by atoms with Gasteiger partial charge in [-0.2, -0.15) is 0 Å². The lowest BCUT2D eigenvalue weighted by Gasteiger charge is -2.36. The van der Waals surface area contributed by atoms with Crippen molar-refractivity contribution >= 4 is 5.97 Å². The lowest BCUT2D eigenvalue weighted by molar-refractivity contribution is -0.157. The van der Waals surface area contributed by atoms with Gasteiger partial charge in [-0.05, 0) is 69.1 Å². The van der Waals surface area contributed by atoms with Crippen LogP contribution in [-0.4, -0.2) is 12.1 Å². The van der Waals surface area contributed by atoms with Gasteiger partial charge in [0, 0.05) is 0 Å². The van der Waals surface area contributed by atoms with Gasteiger partial charge in [0.1, 0.15) is 6.10 Å². The number of esters is 1. The number of ether oxygens (including phenoxy) is 1. The fraction of sp³-hybridized carbons (Fsp3) is 0.952. The second-order valence-electron chi connectivity index (χ2n) is 8.50. The fourth-order valence-corrected chi connectivity index (χ4v) is 5.35. The van der Waals surface area contributed by atoms with Crippen molar-refractivity contribution in [1.82, 2.24) is 0 Å². The Balaban J connectivity index is 1.38. The Kier molecular flexibility index (Phi) is 6.42. The smallest absolute Gasteiger partial charge is 0.309 e. The van der Waals surface area contributed by atoms with Crippen LogP contribution in [0.5, 0.6) is 0 Å². The Morgan fingerprint density at radius 3 is 2.00 bits per heavy atom. The first-order valence-electron chi connectivity index (χ1n) is 10.5. The Morgan fingerprint density at radius 1 is 0.783 bits per heavy atom.